The maximum Gasteiger partial charge on any atom is 0.193 e. The van der Waals surface area contributed by atoms with Gasteiger partial charge in [-0.25, -0.2) is 0 Å². The lowest BCUT2D eigenvalue weighted by Gasteiger charge is -2.22. The highest BCUT2D eigenvalue weighted by Crippen LogP contribution is 2.15. The quantitative estimate of drug-likeness (QED) is 0.166. The molecule has 3 nitrogen and oxygen atoms in total. The summed E-state index contributed by atoms with van der Waals surface area (Å²) in [4.78, 5) is 12.5. The van der Waals surface area contributed by atoms with Crippen LogP contribution in [-0.4, -0.2) is 25.3 Å². The van der Waals surface area contributed by atoms with Crippen LogP contribution in [0.3, 0.4) is 0 Å². The minimum Gasteiger partial charge on any atom is -0.353 e. The summed E-state index contributed by atoms with van der Waals surface area (Å²) in [6, 6.07) is 17.5. The second-order valence-electron chi connectivity index (χ2n) is 9.14. The Kier molecular flexibility index (Phi) is 12.5. The molecule has 1 aliphatic heterocycles. The van der Waals surface area contributed by atoms with Gasteiger partial charge in [-0.2, -0.15) is 0 Å². The maximum absolute atomic E-state index is 12.5. The van der Waals surface area contributed by atoms with Crippen molar-refractivity contribution in [2.24, 2.45) is 0 Å². The third-order valence-electron chi connectivity index (χ3n) is 6.28. The van der Waals surface area contributed by atoms with Crippen LogP contribution in [-0.2, 0) is 15.9 Å². The Labute approximate surface area is 206 Å². The van der Waals surface area contributed by atoms with Crippen molar-refractivity contribution in [2.75, 3.05) is 13.2 Å². The van der Waals surface area contributed by atoms with E-state index in [1.807, 2.05) is 42.5 Å². The Morgan fingerprint density at radius 3 is 2.21 bits per heavy atom. The Hall–Kier alpha value is -2.41. The smallest absolute Gasteiger partial charge is 0.193 e. The number of unbranched alkanes of at least 4 members (excludes halogenated alkanes) is 7. The summed E-state index contributed by atoms with van der Waals surface area (Å²) in [7, 11) is 0. The van der Waals surface area contributed by atoms with Crippen LogP contribution >= 0.6 is 0 Å². The summed E-state index contributed by atoms with van der Waals surface area (Å²) in [6.45, 7) is 1.70. The number of rotatable bonds is 14. The molecule has 0 amide bonds. The van der Waals surface area contributed by atoms with Crippen molar-refractivity contribution in [3.05, 3.63) is 71.3 Å². The normalized spacial score (nSPS) is 15.5. The molecule has 0 N–H and O–H groups in total. The van der Waals surface area contributed by atoms with E-state index < -0.39 is 0 Å². The Bertz CT molecular complexity index is 870. The predicted octanol–water partition coefficient (Wildman–Crippen LogP) is 7.52. The molecule has 0 aliphatic carbocycles. The van der Waals surface area contributed by atoms with Gasteiger partial charge < -0.3 is 9.47 Å². The zero-order valence-electron chi connectivity index (χ0n) is 20.6. The van der Waals surface area contributed by atoms with Crippen molar-refractivity contribution in [2.45, 2.75) is 89.8 Å². The molecule has 0 spiro atoms. The molecule has 34 heavy (non-hydrogen) atoms. The first-order chi connectivity index (χ1) is 16.8. The second kappa shape index (κ2) is 16.3. The molecule has 0 aromatic heterocycles. The lowest BCUT2D eigenvalue weighted by atomic mass is 10.0. The molecule has 1 aliphatic rings. The van der Waals surface area contributed by atoms with E-state index in [0.29, 0.717) is 0 Å². The molecule has 1 heterocycles. The molecule has 0 saturated carbocycles. The van der Waals surface area contributed by atoms with E-state index in [2.05, 4.69) is 24.0 Å². The standard InChI is InChI=1S/C31H40O3/c32-31(28-18-12-10-13-19-28)29-23-21-27(22-24-29)17-11-8-6-4-2-1-3-5-7-9-15-25-33-30-20-14-16-26-34-30/h10,12-13,18-19,21-24,30H,1-3,5,7-9,11,14-17,20,25-26H2. The lowest BCUT2D eigenvalue weighted by molar-refractivity contribution is -0.162. The van der Waals surface area contributed by atoms with Crippen molar-refractivity contribution in [3.8, 4) is 11.8 Å². The van der Waals surface area contributed by atoms with Gasteiger partial charge in [-0.05, 0) is 50.5 Å². The Morgan fingerprint density at radius 2 is 1.47 bits per heavy atom. The zero-order valence-corrected chi connectivity index (χ0v) is 20.6. The van der Waals surface area contributed by atoms with Gasteiger partial charge in [0.1, 0.15) is 0 Å². The van der Waals surface area contributed by atoms with Crippen LogP contribution in [0.15, 0.2) is 54.6 Å². The topological polar surface area (TPSA) is 35.5 Å². The SMILES string of the molecule is O=C(c1ccccc1)c1ccc(CCCC#CCCCCCCCCOC2CCCCO2)cc1. The van der Waals surface area contributed by atoms with Gasteiger partial charge in [0.25, 0.3) is 0 Å². The highest BCUT2D eigenvalue weighted by Gasteiger charge is 2.13. The van der Waals surface area contributed by atoms with Crippen molar-refractivity contribution < 1.29 is 14.3 Å². The van der Waals surface area contributed by atoms with Crippen molar-refractivity contribution in [1.82, 2.24) is 0 Å². The summed E-state index contributed by atoms with van der Waals surface area (Å²) in [5.41, 5.74) is 2.75. The first-order valence-corrected chi connectivity index (χ1v) is 13.2. The zero-order chi connectivity index (χ0) is 23.7. The summed E-state index contributed by atoms with van der Waals surface area (Å²) >= 11 is 0. The molecular weight excluding hydrogens is 420 g/mol. The van der Waals surface area contributed by atoms with E-state index >= 15 is 0 Å². The number of ketones is 1. The Balaban J connectivity index is 1.15. The molecule has 2 aromatic carbocycles. The Morgan fingerprint density at radius 1 is 0.794 bits per heavy atom. The number of hydrogen-bond donors (Lipinski definition) is 0. The van der Waals surface area contributed by atoms with Crippen LogP contribution in [0, 0.1) is 11.8 Å². The number of ether oxygens (including phenoxy) is 2. The van der Waals surface area contributed by atoms with Crippen LogP contribution in [0.25, 0.3) is 0 Å². The van der Waals surface area contributed by atoms with E-state index in [1.54, 1.807) is 0 Å². The summed E-state index contributed by atoms with van der Waals surface area (Å²) in [5, 5.41) is 0. The van der Waals surface area contributed by atoms with Gasteiger partial charge in [0, 0.05) is 37.2 Å². The van der Waals surface area contributed by atoms with Crippen molar-refractivity contribution in [1.29, 1.82) is 0 Å². The van der Waals surface area contributed by atoms with Crippen molar-refractivity contribution in [3.63, 3.8) is 0 Å². The lowest BCUT2D eigenvalue weighted by Crippen LogP contribution is -2.22. The number of carbonyl (C=O) groups excluding carboxylic acids is 1. The molecule has 3 heteroatoms. The second-order valence-corrected chi connectivity index (χ2v) is 9.14. The van der Waals surface area contributed by atoms with E-state index in [-0.39, 0.29) is 12.1 Å². The molecule has 0 radical (unpaired) electrons. The summed E-state index contributed by atoms with van der Waals surface area (Å²) in [5.74, 6) is 6.74. The van der Waals surface area contributed by atoms with Crippen LogP contribution in [0.1, 0.15) is 98.5 Å². The van der Waals surface area contributed by atoms with Crippen LogP contribution in [0.4, 0.5) is 0 Å². The van der Waals surface area contributed by atoms with E-state index in [1.165, 1.54) is 50.5 Å². The van der Waals surface area contributed by atoms with Crippen LogP contribution in [0.2, 0.25) is 0 Å². The fourth-order valence-electron chi connectivity index (χ4n) is 4.22. The van der Waals surface area contributed by atoms with Crippen LogP contribution in [0.5, 0.6) is 0 Å². The first-order valence-electron chi connectivity index (χ1n) is 13.2. The minimum absolute atomic E-state index is 0.0588. The minimum atomic E-state index is 0.0588. The highest BCUT2D eigenvalue weighted by atomic mass is 16.7. The number of benzene rings is 2. The third-order valence-corrected chi connectivity index (χ3v) is 6.28. The average Bonchev–Trinajstić information content (AvgIpc) is 2.90. The molecule has 1 saturated heterocycles. The summed E-state index contributed by atoms with van der Waals surface area (Å²) in [6.07, 6.45) is 15.0. The molecule has 0 bridgehead atoms. The molecular formula is C31H40O3. The fourth-order valence-corrected chi connectivity index (χ4v) is 4.22. The van der Waals surface area contributed by atoms with Gasteiger partial charge in [-0.15, -0.1) is 11.8 Å². The van der Waals surface area contributed by atoms with E-state index in [9.17, 15) is 4.79 Å². The first kappa shape index (κ1) is 26.2. The number of aryl methyl sites for hydroxylation is 1. The number of hydrogen-bond acceptors (Lipinski definition) is 3. The van der Waals surface area contributed by atoms with Gasteiger partial charge in [-0.1, -0.05) is 80.3 Å². The van der Waals surface area contributed by atoms with Crippen molar-refractivity contribution >= 4 is 5.78 Å². The largest absolute Gasteiger partial charge is 0.353 e. The van der Waals surface area contributed by atoms with Gasteiger partial charge in [0.05, 0.1) is 0 Å². The molecule has 2 aromatic rings. The molecule has 1 unspecified atom stereocenters. The maximum atomic E-state index is 12.5. The predicted molar refractivity (Wildman–Crippen MR) is 139 cm³/mol. The molecule has 182 valence electrons. The molecule has 1 fully saturated rings. The van der Waals surface area contributed by atoms with Gasteiger partial charge in [0.2, 0.25) is 0 Å². The van der Waals surface area contributed by atoms with Gasteiger partial charge in [-0.3, -0.25) is 4.79 Å². The average molecular weight is 461 g/mol. The van der Waals surface area contributed by atoms with E-state index in [0.717, 1.165) is 62.9 Å². The molecule has 1 atom stereocenters. The fraction of sp³-hybridized carbons (Fsp3) is 0.516. The van der Waals surface area contributed by atoms with Gasteiger partial charge in [0.15, 0.2) is 12.1 Å². The van der Waals surface area contributed by atoms with E-state index in [4.69, 9.17) is 9.47 Å². The summed E-state index contributed by atoms with van der Waals surface area (Å²) < 4.78 is 11.4. The van der Waals surface area contributed by atoms with Crippen LogP contribution < -0.4 is 0 Å². The number of carbonyl (C=O) groups is 1. The monoisotopic (exact) mass is 460 g/mol. The third kappa shape index (κ3) is 10.2. The van der Waals surface area contributed by atoms with Gasteiger partial charge >= 0.3 is 0 Å². The highest BCUT2D eigenvalue weighted by molar-refractivity contribution is 6.08. The molecule has 3 rings (SSSR count).